The lowest BCUT2D eigenvalue weighted by Gasteiger charge is -2.12. The van der Waals surface area contributed by atoms with Gasteiger partial charge in [-0.25, -0.2) is 4.98 Å². The molecule has 19 heavy (non-hydrogen) atoms. The number of benzene rings is 1. The molecule has 102 valence electrons. The van der Waals surface area contributed by atoms with E-state index in [2.05, 4.69) is 24.5 Å². The van der Waals surface area contributed by atoms with Crippen molar-refractivity contribution in [2.24, 2.45) is 0 Å². The standard InChI is InChI=1S/C15H20N2O2/c1-3-11(2)15-16-12-7-4-5-8-13(12)17(15)10-6-9-14(18)19/h4-5,7-8,11H,3,6,9-10H2,1-2H3,(H,18,19). The summed E-state index contributed by atoms with van der Waals surface area (Å²) >= 11 is 0. The molecule has 1 N–H and O–H groups in total. The lowest BCUT2D eigenvalue weighted by molar-refractivity contribution is -0.137. The Morgan fingerprint density at radius 1 is 1.42 bits per heavy atom. The van der Waals surface area contributed by atoms with E-state index in [1.807, 2.05) is 18.2 Å². The van der Waals surface area contributed by atoms with Gasteiger partial charge >= 0.3 is 5.97 Å². The first-order valence-electron chi connectivity index (χ1n) is 6.80. The van der Waals surface area contributed by atoms with Gasteiger partial charge in [0.25, 0.3) is 0 Å². The second-order valence-electron chi connectivity index (χ2n) is 4.92. The third-order valence-corrected chi connectivity index (χ3v) is 3.51. The van der Waals surface area contributed by atoms with Gasteiger partial charge in [0.2, 0.25) is 0 Å². The minimum absolute atomic E-state index is 0.201. The quantitative estimate of drug-likeness (QED) is 0.865. The predicted octanol–water partition coefficient (Wildman–Crippen LogP) is 3.41. The van der Waals surface area contributed by atoms with Crippen molar-refractivity contribution in [1.82, 2.24) is 9.55 Å². The van der Waals surface area contributed by atoms with Gasteiger partial charge in [-0.2, -0.15) is 0 Å². The molecule has 1 aromatic heterocycles. The molecular weight excluding hydrogens is 240 g/mol. The number of hydrogen-bond acceptors (Lipinski definition) is 2. The number of imidazole rings is 1. The van der Waals surface area contributed by atoms with E-state index in [4.69, 9.17) is 10.1 Å². The minimum atomic E-state index is -0.741. The molecule has 0 saturated carbocycles. The van der Waals surface area contributed by atoms with E-state index < -0.39 is 5.97 Å². The fourth-order valence-electron chi connectivity index (χ4n) is 2.28. The molecule has 0 fully saturated rings. The Morgan fingerprint density at radius 2 is 2.16 bits per heavy atom. The zero-order valence-corrected chi connectivity index (χ0v) is 11.5. The molecule has 4 heteroatoms. The summed E-state index contributed by atoms with van der Waals surface area (Å²) in [5, 5.41) is 8.76. The number of hydrogen-bond donors (Lipinski definition) is 1. The third-order valence-electron chi connectivity index (χ3n) is 3.51. The van der Waals surface area contributed by atoms with Crippen LogP contribution >= 0.6 is 0 Å². The fourth-order valence-corrected chi connectivity index (χ4v) is 2.28. The number of rotatable bonds is 6. The molecule has 0 aliphatic heterocycles. The van der Waals surface area contributed by atoms with E-state index in [0.717, 1.165) is 23.3 Å². The predicted molar refractivity (Wildman–Crippen MR) is 75.3 cm³/mol. The number of aromatic nitrogens is 2. The van der Waals surface area contributed by atoms with Gasteiger partial charge in [0.15, 0.2) is 0 Å². The number of carboxylic acids is 1. The average molecular weight is 260 g/mol. The summed E-state index contributed by atoms with van der Waals surface area (Å²) in [6, 6.07) is 8.04. The fraction of sp³-hybridized carbons (Fsp3) is 0.467. The number of carbonyl (C=O) groups is 1. The molecule has 2 rings (SSSR count). The molecule has 1 atom stereocenters. The molecule has 0 amide bonds. The van der Waals surface area contributed by atoms with E-state index in [9.17, 15) is 4.79 Å². The van der Waals surface area contributed by atoms with Gasteiger partial charge in [-0.15, -0.1) is 0 Å². The van der Waals surface area contributed by atoms with Gasteiger partial charge in [-0.05, 0) is 25.0 Å². The van der Waals surface area contributed by atoms with Crippen LogP contribution in [0, 0.1) is 0 Å². The average Bonchev–Trinajstić information content (AvgIpc) is 2.77. The van der Waals surface area contributed by atoms with E-state index in [1.165, 1.54) is 0 Å². The summed E-state index contributed by atoms with van der Waals surface area (Å²) in [7, 11) is 0. The Bertz CT molecular complexity index is 575. The highest BCUT2D eigenvalue weighted by atomic mass is 16.4. The van der Waals surface area contributed by atoms with Gasteiger partial charge in [0.1, 0.15) is 5.82 Å². The van der Waals surface area contributed by atoms with Crippen molar-refractivity contribution in [2.75, 3.05) is 0 Å². The molecule has 1 heterocycles. The maximum absolute atomic E-state index is 10.6. The van der Waals surface area contributed by atoms with Crippen LogP contribution in [0.4, 0.5) is 0 Å². The summed E-state index contributed by atoms with van der Waals surface area (Å²) in [5.41, 5.74) is 2.09. The number of para-hydroxylation sites is 2. The van der Waals surface area contributed by atoms with Crippen LogP contribution in [-0.2, 0) is 11.3 Å². The molecule has 0 aliphatic rings. The summed E-state index contributed by atoms with van der Waals surface area (Å²) in [5.74, 6) is 0.709. The minimum Gasteiger partial charge on any atom is -0.481 e. The summed E-state index contributed by atoms with van der Waals surface area (Å²) < 4.78 is 2.17. The van der Waals surface area contributed by atoms with Crippen molar-refractivity contribution in [3.63, 3.8) is 0 Å². The summed E-state index contributed by atoms with van der Waals surface area (Å²) in [6.45, 7) is 5.02. The maximum Gasteiger partial charge on any atom is 0.303 e. The van der Waals surface area contributed by atoms with Crippen molar-refractivity contribution in [1.29, 1.82) is 0 Å². The molecule has 0 aliphatic carbocycles. The molecule has 0 radical (unpaired) electrons. The van der Waals surface area contributed by atoms with Gasteiger partial charge < -0.3 is 9.67 Å². The molecule has 1 unspecified atom stereocenters. The van der Waals surface area contributed by atoms with Gasteiger partial charge in [-0.1, -0.05) is 26.0 Å². The van der Waals surface area contributed by atoms with Crippen LogP contribution in [0.2, 0.25) is 0 Å². The largest absolute Gasteiger partial charge is 0.481 e. The lowest BCUT2D eigenvalue weighted by atomic mass is 10.1. The number of carboxylic acid groups (broad SMARTS) is 1. The van der Waals surface area contributed by atoms with E-state index >= 15 is 0 Å². The number of aryl methyl sites for hydroxylation is 1. The SMILES string of the molecule is CCC(C)c1nc2ccccc2n1CCCC(=O)O. The van der Waals surface area contributed by atoms with Crippen LogP contribution in [0.25, 0.3) is 11.0 Å². The van der Waals surface area contributed by atoms with Crippen LogP contribution in [0.3, 0.4) is 0 Å². The molecular formula is C15H20N2O2. The van der Waals surface area contributed by atoms with Crippen LogP contribution in [0.15, 0.2) is 24.3 Å². The normalized spacial score (nSPS) is 12.7. The number of nitrogens with zero attached hydrogens (tertiary/aromatic N) is 2. The first-order chi connectivity index (χ1) is 9.13. The van der Waals surface area contributed by atoms with E-state index in [0.29, 0.717) is 18.9 Å². The molecule has 0 spiro atoms. The first kappa shape index (κ1) is 13.6. The van der Waals surface area contributed by atoms with Crippen LogP contribution in [0.1, 0.15) is 44.9 Å². The molecule has 2 aromatic rings. The molecule has 4 nitrogen and oxygen atoms in total. The number of aliphatic carboxylic acids is 1. The van der Waals surface area contributed by atoms with E-state index in [1.54, 1.807) is 0 Å². The van der Waals surface area contributed by atoms with Crippen molar-refractivity contribution < 1.29 is 9.90 Å². The van der Waals surface area contributed by atoms with Crippen molar-refractivity contribution in [3.8, 4) is 0 Å². The van der Waals surface area contributed by atoms with Crippen molar-refractivity contribution in [3.05, 3.63) is 30.1 Å². The second-order valence-corrected chi connectivity index (χ2v) is 4.92. The Hall–Kier alpha value is -1.84. The van der Waals surface area contributed by atoms with Crippen molar-refractivity contribution >= 4 is 17.0 Å². The van der Waals surface area contributed by atoms with Gasteiger partial charge in [0.05, 0.1) is 11.0 Å². The Morgan fingerprint density at radius 3 is 2.84 bits per heavy atom. The zero-order valence-electron chi connectivity index (χ0n) is 11.5. The monoisotopic (exact) mass is 260 g/mol. The summed E-state index contributed by atoms with van der Waals surface area (Å²) in [4.78, 5) is 15.3. The Kier molecular flexibility index (Phi) is 4.20. The highest BCUT2D eigenvalue weighted by molar-refractivity contribution is 5.76. The number of fused-ring (bicyclic) bond motifs is 1. The highest BCUT2D eigenvalue weighted by Gasteiger charge is 2.15. The van der Waals surface area contributed by atoms with Crippen molar-refractivity contribution in [2.45, 2.75) is 45.6 Å². The maximum atomic E-state index is 10.6. The smallest absolute Gasteiger partial charge is 0.303 e. The lowest BCUT2D eigenvalue weighted by Crippen LogP contribution is -2.08. The molecule has 0 bridgehead atoms. The first-order valence-corrected chi connectivity index (χ1v) is 6.80. The summed E-state index contributed by atoms with van der Waals surface area (Å²) in [6.07, 6.45) is 1.87. The van der Waals surface area contributed by atoms with E-state index in [-0.39, 0.29) is 6.42 Å². The van der Waals surface area contributed by atoms with Gasteiger partial charge in [-0.3, -0.25) is 4.79 Å². The molecule has 0 saturated heterocycles. The highest BCUT2D eigenvalue weighted by Crippen LogP contribution is 2.24. The van der Waals surface area contributed by atoms with Crippen LogP contribution in [-0.4, -0.2) is 20.6 Å². The third kappa shape index (κ3) is 2.95. The van der Waals surface area contributed by atoms with Crippen LogP contribution < -0.4 is 0 Å². The molecule has 1 aromatic carbocycles. The Balaban J connectivity index is 2.34. The van der Waals surface area contributed by atoms with Gasteiger partial charge in [0, 0.05) is 18.9 Å². The van der Waals surface area contributed by atoms with Crippen LogP contribution in [0.5, 0.6) is 0 Å². The topological polar surface area (TPSA) is 55.1 Å². The Labute approximate surface area is 113 Å². The second kappa shape index (κ2) is 5.87. The zero-order chi connectivity index (χ0) is 13.8.